The summed E-state index contributed by atoms with van der Waals surface area (Å²) in [7, 11) is 2.21. The van der Waals surface area contributed by atoms with E-state index in [0.717, 1.165) is 18.9 Å². The quantitative estimate of drug-likeness (QED) is 0.682. The van der Waals surface area contributed by atoms with Gasteiger partial charge in [0.05, 0.1) is 0 Å². The van der Waals surface area contributed by atoms with Crippen LogP contribution in [0.5, 0.6) is 0 Å². The monoisotopic (exact) mass is 184 g/mol. The number of hydrogen-bond donors (Lipinski definition) is 1. The van der Waals surface area contributed by atoms with E-state index in [0.29, 0.717) is 6.04 Å². The Kier molecular flexibility index (Phi) is 4.74. The van der Waals surface area contributed by atoms with Crippen molar-refractivity contribution >= 4 is 0 Å². The Balaban J connectivity index is 1.93. The number of rotatable bonds is 6. The van der Waals surface area contributed by atoms with Gasteiger partial charge in [-0.1, -0.05) is 19.3 Å². The lowest BCUT2D eigenvalue weighted by Crippen LogP contribution is -2.28. The maximum atomic E-state index is 5.71. The van der Waals surface area contributed by atoms with Crippen molar-refractivity contribution in [2.45, 2.75) is 45.1 Å². The molecule has 1 aliphatic carbocycles. The van der Waals surface area contributed by atoms with E-state index in [1.54, 1.807) is 0 Å². The molecule has 1 rings (SSSR count). The van der Waals surface area contributed by atoms with Gasteiger partial charge in [0.2, 0.25) is 0 Å². The molecule has 0 amide bonds. The summed E-state index contributed by atoms with van der Waals surface area (Å²) in [5.41, 5.74) is 5.71. The summed E-state index contributed by atoms with van der Waals surface area (Å²) in [6.45, 7) is 4.50. The molecule has 0 aromatic heterocycles. The van der Waals surface area contributed by atoms with Crippen LogP contribution in [-0.4, -0.2) is 31.1 Å². The van der Waals surface area contributed by atoms with Gasteiger partial charge in [-0.05, 0) is 45.8 Å². The zero-order chi connectivity index (χ0) is 9.68. The SMILES string of the molecule is CC(N)CCN(C)CCC1CCC1. The van der Waals surface area contributed by atoms with Crippen LogP contribution >= 0.6 is 0 Å². The van der Waals surface area contributed by atoms with E-state index in [2.05, 4.69) is 18.9 Å². The summed E-state index contributed by atoms with van der Waals surface area (Å²) >= 11 is 0. The van der Waals surface area contributed by atoms with Gasteiger partial charge in [0, 0.05) is 6.04 Å². The average molecular weight is 184 g/mol. The molecular formula is C11H24N2. The van der Waals surface area contributed by atoms with E-state index in [1.807, 2.05) is 0 Å². The molecule has 1 atom stereocenters. The highest BCUT2D eigenvalue weighted by atomic mass is 15.1. The van der Waals surface area contributed by atoms with Gasteiger partial charge in [-0.2, -0.15) is 0 Å². The molecule has 2 heteroatoms. The maximum absolute atomic E-state index is 5.71. The van der Waals surface area contributed by atoms with Crippen molar-refractivity contribution in [2.24, 2.45) is 11.7 Å². The first-order valence-electron chi connectivity index (χ1n) is 5.62. The minimum atomic E-state index is 0.353. The summed E-state index contributed by atoms with van der Waals surface area (Å²) < 4.78 is 0. The van der Waals surface area contributed by atoms with Gasteiger partial charge in [-0.3, -0.25) is 0 Å². The molecular weight excluding hydrogens is 160 g/mol. The van der Waals surface area contributed by atoms with Crippen LogP contribution < -0.4 is 5.73 Å². The minimum Gasteiger partial charge on any atom is -0.328 e. The van der Waals surface area contributed by atoms with Crippen molar-refractivity contribution in [3.63, 3.8) is 0 Å². The molecule has 0 aromatic carbocycles. The average Bonchev–Trinajstić information content (AvgIpc) is 1.98. The molecule has 13 heavy (non-hydrogen) atoms. The number of nitrogens with zero attached hydrogens (tertiary/aromatic N) is 1. The molecule has 0 radical (unpaired) electrons. The predicted molar refractivity (Wildman–Crippen MR) is 57.7 cm³/mol. The molecule has 2 nitrogen and oxygen atoms in total. The van der Waals surface area contributed by atoms with Gasteiger partial charge in [-0.25, -0.2) is 0 Å². The Morgan fingerprint density at radius 2 is 2.08 bits per heavy atom. The number of nitrogens with two attached hydrogens (primary N) is 1. The molecule has 0 bridgehead atoms. The van der Waals surface area contributed by atoms with Crippen LogP contribution in [-0.2, 0) is 0 Å². The van der Waals surface area contributed by atoms with Gasteiger partial charge in [0.15, 0.2) is 0 Å². The van der Waals surface area contributed by atoms with E-state index >= 15 is 0 Å². The van der Waals surface area contributed by atoms with Crippen molar-refractivity contribution in [1.82, 2.24) is 4.90 Å². The lowest BCUT2D eigenvalue weighted by atomic mass is 9.83. The fraction of sp³-hybridized carbons (Fsp3) is 1.00. The molecule has 0 aromatic rings. The van der Waals surface area contributed by atoms with Crippen molar-refractivity contribution in [3.05, 3.63) is 0 Å². The molecule has 1 unspecified atom stereocenters. The third-order valence-electron chi connectivity index (χ3n) is 3.11. The van der Waals surface area contributed by atoms with E-state index in [1.165, 1.54) is 32.2 Å². The van der Waals surface area contributed by atoms with Crippen LogP contribution in [0, 0.1) is 5.92 Å². The van der Waals surface area contributed by atoms with Gasteiger partial charge in [0.1, 0.15) is 0 Å². The zero-order valence-electron chi connectivity index (χ0n) is 9.13. The fourth-order valence-electron chi connectivity index (χ4n) is 1.72. The highest BCUT2D eigenvalue weighted by molar-refractivity contribution is 4.70. The molecule has 78 valence electrons. The molecule has 1 aliphatic rings. The van der Waals surface area contributed by atoms with Crippen LogP contribution in [0.4, 0.5) is 0 Å². The Morgan fingerprint density at radius 3 is 2.54 bits per heavy atom. The second kappa shape index (κ2) is 5.61. The van der Waals surface area contributed by atoms with Crippen molar-refractivity contribution in [2.75, 3.05) is 20.1 Å². The predicted octanol–water partition coefficient (Wildman–Crippen LogP) is 1.85. The van der Waals surface area contributed by atoms with Crippen LogP contribution in [0.15, 0.2) is 0 Å². The third-order valence-corrected chi connectivity index (χ3v) is 3.11. The van der Waals surface area contributed by atoms with Crippen molar-refractivity contribution < 1.29 is 0 Å². The smallest absolute Gasteiger partial charge is 0.00226 e. The second-order valence-corrected chi connectivity index (χ2v) is 4.65. The van der Waals surface area contributed by atoms with E-state index in [-0.39, 0.29) is 0 Å². The topological polar surface area (TPSA) is 29.3 Å². The van der Waals surface area contributed by atoms with Gasteiger partial charge >= 0.3 is 0 Å². The highest BCUT2D eigenvalue weighted by Crippen LogP contribution is 2.29. The summed E-state index contributed by atoms with van der Waals surface area (Å²) in [5, 5.41) is 0. The molecule has 1 fully saturated rings. The van der Waals surface area contributed by atoms with E-state index < -0.39 is 0 Å². The third kappa shape index (κ3) is 4.63. The molecule has 0 spiro atoms. The summed E-state index contributed by atoms with van der Waals surface area (Å²) in [5.74, 6) is 1.04. The summed E-state index contributed by atoms with van der Waals surface area (Å²) in [4.78, 5) is 2.42. The Hall–Kier alpha value is -0.0800. The zero-order valence-corrected chi connectivity index (χ0v) is 9.13. The van der Waals surface area contributed by atoms with Crippen molar-refractivity contribution in [3.8, 4) is 0 Å². The lowest BCUT2D eigenvalue weighted by molar-refractivity contribution is 0.235. The van der Waals surface area contributed by atoms with Crippen LogP contribution in [0.3, 0.4) is 0 Å². The van der Waals surface area contributed by atoms with E-state index in [9.17, 15) is 0 Å². The minimum absolute atomic E-state index is 0.353. The highest BCUT2D eigenvalue weighted by Gasteiger charge is 2.17. The van der Waals surface area contributed by atoms with E-state index in [4.69, 9.17) is 5.73 Å². The first kappa shape index (κ1) is 11.0. The molecule has 0 heterocycles. The Morgan fingerprint density at radius 1 is 1.38 bits per heavy atom. The molecule has 2 N–H and O–H groups in total. The standard InChI is InChI=1S/C11H24N2/c1-10(12)6-8-13(2)9-7-11-4-3-5-11/h10-11H,3-9,12H2,1-2H3. The number of hydrogen-bond acceptors (Lipinski definition) is 2. The van der Waals surface area contributed by atoms with Crippen LogP contribution in [0.25, 0.3) is 0 Å². The summed E-state index contributed by atoms with van der Waals surface area (Å²) in [6, 6.07) is 0.353. The molecule has 1 saturated carbocycles. The molecule has 0 saturated heterocycles. The summed E-state index contributed by atoms with van der Waals surface area (Å²) in [6.07, 6.45) is 6.94. The first-order chi connectivity index (χ1) is 6.18. The van der Waals surface area contributed by atoms with Crippen LogP contribution in [0.2, 0.25) is 0 Å². The normalized spacial score (nSPS) is 20.3. The molecule has 0 aliphatic heterocycles. The first-order valence-corrected chi connectivity index (χ1v) is 5.62. The second-order valence-electron chi connectivity index (χ2n) is 4.65. The fourth-order valence-corrected chi connectivity index (χ4v) is 1.72. The van der Waals surface area contributed by atoms with Crippen LogP contribution in [0.1, 0.15) is 39.0 Å². The van der Waals surface area contributed by atoms with Gasteiger partial charge in [0.25, 0.3) is 0 Å². The largest absolute Gasteiger partial charge is 0.328 e. The Labute approximate surface area is 82.5 Å². The lowest BCUT2D eigenvalue weighted by Gasteiger charge is -2.27. The Bertz CT molecular complexity index is 130. The van der Waals surface area contributed by atoms with Gasteiger partial charge in [-0.15, -0.1) is 0 Å². The maximum Gasteiger partial charge on any atom is 0.00226 e. The van der Waals surface area contributed by atoms with Crippen molar-refractivity contribution in [1.29, 1.82) is 0 Å². The van der Waals surface area contributed by atoms with Gasteiger partial charge < -0.3 is 10.6 Å².